The number of nitrogens with two attached hydrogens (primary N) is 1. The monoisotopic (exact) mass is 426 g/mol. The maximum Gasteiger partial charge on any atom is 0.309 e. The highest BCUT2D eigenvalue weighted by Crippen LogP contribution is 2.19. The molecule has 0 saturated heterocycles. The van der Waals surface area contributed by atoms with Crippen LogP contribution in [-0.2, 0) is 4.79 Å². The van der Waals surface area contributed by atoms with E-state index in [2.05, 4.69) is 30.6 Å². The Morgan fingerprint density at radius 2 is 1.94 bits per heavy atom. The Labute approximate surface area is 180 Å². The molecule has 0 saturated carbocycles. The predicted molar refractivity (Wildman–Crippen MR) is 116 cm³/mol. The van der Waals surface area contributed by atoms with Gasteiger partial charge in [-0.2, -0.15) is 0 Å². The number of hydrogen-bond acceptors (Lipinski definition) is 8. The molecular formula is C20H28N9O2+. The van der Waals surface area contributed by atoms with Crippen molar-refractivity contribution in [3.63, 3.8) is 0 Å². The van der Waals surface area contributed by atoms with Crippen LogP contribution in [0.25, 0.3) is 0 Å². The lowest BCUT2D eigenvalue weighted by Crippen LogP contribution is -2.80. The molecular weight excluding hydrogens is 398 g/mol. The lowest BCUT2D eigenvalue weighted by Gasteiger charge is -2.17. The molecule has 0 unspecified atom stereocenters. The van der Waals surface area contributed by atoms with Gasteiger partial charge in [-0.05, 0) is 12.8 Å². The highest BCUT2D eigenvalue weighted by Gasteiger charge is 2.24. The van der Waals surface area contributed by atoms with Gasteiger partial charge in [-0.15, -0.1) is 0 Å². The highest BCUT2D eigenvalue weighted by molar-refractivity contribution is 6.04. The van der Waals surface area contributed by atoms with Crippen molar-refractivity contribution in [2.24, 2.45) is 0 Å². The number of allylic oxidation sites excluding steroid dienone is 1. The first-order valence-electron chi connectivity index (χ1n) is 9.82. The topological polar surface area (TPSA) is 153 Å². The molecule has 0 atom stereocenters. The van der Waals surface area contributed by atoms with Crippen LogP contribution in [0.3, 0.4) is 0 Å². The van der Waals surface area contributed by atoms with Crippen molar-refractivity contribution in [1.82, 2.24) is 30.2 Å². The number of quaternary nitrogens is 1. The molecule has 5 N–H and O–H groups in total. The summed E-state index contributed by atoms with van der Waals surface area (Å²) in [4.78, 5) is 43.9. The van der Waals surface area contributed by atoms with Crippen molar-refractivity contribution >= 4 is 29.5 Å². The smallest absolute Gasteiger partial charge is 0.309 e. The van der Waals surface area contributed by atoms with Gasteiger partial charge in [-0.3, -0.25) is 9.59 Å². The van der Waals surface area contributed by atoms with Gasteiger partial charge in [0.15, 0.2) is 11.5 Å². The summed E-state index contributed by atoms with van der Waals surface area (Å²) in [6.07, 6.45) is 7.00. The SMILES string of the molecule is CCN(C)C(=O)C([NH2+]C)=C(C=N)NC(=O)c1nc(C(C)C)cnc1Nc1cncnc1. The predicted octanol–water partition coefficient (Wildman–Crippen LogP) is 0.396. The minimum atomic E-state index is -0.598. The molecule has 11 heteroatoms. The van der Waals surface area contributed by atoms with E-state index in [9.17, 15) is 9.59 Å². The molecule has 31 heavy (non-hydrogen) atoms. The molecule has 2 aromatic rings. The fourth-order valence-electron chi connectivity index (χ4n) is 2.54. The number of anilines is 2. The van der Waals surface area contributed by atoms with Gasteiger partial charge in [-0.25, -0.2) is 19.9 Å². The Hall–Kier alpha value is -3.73. The molecule has 2 amide bonds. The number of rotatable bonds is 9. The fourth-order valence-corrected chi connectivity index (χ4v) is 2.54. The number of carbonyl (C=O) groups excluding carboxylic acids is 2. The zero-order valence-corrected chi connectivity index (χ0v) is 18.3. The Morgan fingerprint density at radius 1 is 1.26 bits per heavy atom. The van der Waals surface area contributed by atoms with Gasteiger partial charge in [0.1, 0.15) is 12.0 Å². The molecule has 0 aliphatic heterocycles. The Morgan fingerprint density at radius 3 is 2.48 bits per heavy atom. The third kappa shape index (κ3) is 5.89. The molecule has 0 fully saturated rings. The van der Waals surface area contributed by atoms with Crippen molar-refractivity contribution in [3.8, 4) is 0 Å². The quantitative estimate of drug-likeness (QED) is 0.334. The summed E-state index contributed by atoms with van der Waals surface area (Å²) in [6, 6.07) is 0. The molecule has 164 valence electrons. The molecule has 2 aromatic heterocycles. The Kier molecular flexibility index (Phi) is 8.26. The minimum Gasteiger partial charge on any atom is -0.337 e. The van der Waals surface area contributed by atoms with E-state index < -0.39 is 5.91 Å². The Bertz CT molecular complexity index is 974. The molecule has 2 heterocycles. The Balaban J connectivity index is 2.45. The van der Waals surface area contributed by atoms with Gasteiger partial charge in [0.2, 0.25) is 5.70 Å². The summed E-state index contributed by atoms with van der Waals surface area (Å²) in [5.41, 5.74) is 1.48. The first-order valence-corrected chi connectivity index (χ1v) is 9.82. The number of aromatic nitrogens is 4. The van der Waals surface area contributed by atoms with Gasteiger partial charge < -0.3 is 26.3 Å². The molecule has 0 aliphatic rings. The number of carbonyl (C=O) groups is 2. The van der Waals surface area contributed by atoms with Crippen molar-refractivity contribution < 1.29 is 14.9 Å². The minimum absolute atomic E-state index is 0.0288. The van der Waals surface area contributed by atoms with Crippen molar-refractivity contribution in [2.45, 2.75) is 26.7 Å². The van der Waals surface area contributed by atoms with E-state index in [0.29, 0.717) is 17.9 Å². The highest BCUT2D eigenvalue weighted by atomic mass is 16.2. The van der Waals surface area contributed by atoms with Crippen LogP contribution < -0.4 is 16.0 Å². The zero-order valence-electron chi connectivity index (χ0n) is 18.3. The van der Waals surface area contributed by atoms with E-state index in [0.717, 1.165) is 6.21 Å². The van der Waals surface area contributed by atoms with Crippen molar-refractivity contribution in [2.75, 3.05) is 26.0 Å². The van der Waals surface area contributed by atoms with Crippen LogP contribution in [0.5, 0.6) is 0 Å². The summed E-state index contributed by atoms with van der Waals surface area (Å²) in [5, 5.41) is 14.9. The van der Waals surface area contributed by atoms with Crippen LogP contribution in [0.2, 0.25) is 0 Å². The maximum atomic E-state index is 13.1. The first kappa shape index (κ1) is 23.5. The molecule has 0 aromatic carbocycles. The second-order valence-corrected chi connectivity index (χ2v) is 6.93. The van der Waals surface area contributed by atoms with E-state index in [1.54, 1.807) is 38.0 Å². The summed E-state index contributed by atoms with van der Waals surface area (Å²) in [5.74, 6) is -0.643. The molecule has 2 rings (SSSR count). The van der Waals surface area contributed by atoms with Crippen LogP contribution in [0.15, 0.2) is 36.3 Å². The standard InChI is InChI=1S/C20H27N9O2/c1-6-29(5)20(31)16(22-4)14(7-21)28-19(30)17-18(25-10-15(27-17)12(2)3)26-13-8-23-11-24-9-13/h7-12,21-22H,6H2,1-5H3,(H,25,26)(H,28,30)/p+1. The lowest BCUT2D eigenvalue weighted by molar-refractivity contribution is -0.571. The van der Waals surface area contributed by atoms with Crippen LogP contribution in [0.4, 0.5) is 11.5 Å². The van der Waals surface area contributed by atoms with Gasteiger partial charge in [-0.1, -0.05) is 13.8 Å². The summed E-state index contributed by atoms with van der Waals surface area (Å²) >= 11 is 0. The summed E-state index contributed by atoms with van der Waals surface area (Å²) in [7, 11) is 3.32. The van der Waals surface area contributed by atoms with Crippen LogP contribution in [-0.4, -0.2) is 63.5 Å². The molecule has 0 spiro atoms. The third-order valence-electron chi connectivity index (χ3n) is 4.44. The van der Waals surface area contributed by atoms with E-state index in [-0.39, 0.29) is 34.7 Å². The number of amides is 2. The normalized spacial score (nSPS) is 11.5. The molecule has 0 bridgehead atoms. The second-order valence-electron chi connectivity index (χ2n) is 6.93. The first-order chi connectivity index (χ1) is 14.8. The van der Waals surface area contributed by atoms with Gasteiger partial charge in [0, 0.05) is 19.8 Å². The number of likely N-dealkylation sites (N-methyl/N-ethyl adjacent to an activating group) is 2. The van der Waals surface area contributed by atoms with E-state index in [4.69, 9.17) is 5.41 Å². The summed E-state index contributed by atoms with van der Waals surface area (Å²) < 4.78 is 0. The summed E-state index contributed by atoms with van der Waals surface area (Å²) in [6.45, 7) is 6.21. The van der Waals surface area contributed by atoms with Crippen LogP contribution in [0, 0.1) is 5.41 Å². The maximum absolute atomic E-state index is 13.1. The van der Waals surface area contributed by atoms with Gasteiger partial charge in [0.25, 0.3) is 5.91 Å². The number of nitrogens with zero attached hydrogens (tertiary/aromatic N) is 5. The van der Waals surface area contributed by atoms with E-state index in [1.165, 1.54) is 11.2 Å². The average Bonchev–Trinajstić information content (AvgIpc) is 2.78. The lowest BCUT2D eigenvalue weighted by atomic mass is 10.1. The number of nitrogens with one attached hydrogen (secondary N) is 3. The molecule has 11 nitrogen and oxygen atoms in total. The van der Waals surface area contributed by atoms with Crippen LogP contribution in [0.1, 0.15) is 42.9 Å². The number of hydrogen-bond donors (Lipinski definition) is 4. The van der Waals surface area contributed by atoms with Gasteiger partial charge >= 0.3 is 5.91 Å². The van der Waals surface area contributed by atoms with Crippen molar-refractivity contribution in [1.29, 1.82) is 5.41 Å². The fraction of sp³-hybridized carbons (Fsp3) is 0.350. The second kappa shape index (κ2) is 10.9. The zero-order chi connectivity index (χ0) is 23.0. The van der Waals surface area contributed by atoms with Gasteiger partial charge in [0.05, 0.1) is 37.0 Å². The van der Waals surface area contributed by atoms with E-state index in [1.807, 2.05) is 20.8 Å². The van der Waals surface area contributed by atoms with E-state index >= 15 is 0 Å². The molecule has 0 radical (unpaired) electrons. The average molecular weight is 427 g/mol. The van der Waals surface area contributed by atoms with Crippen LogP contribution >= 0.6 is 0 Å². The molecule has 0 aliphatic carbocycles. The largest absolute Gasteiger partial charge is 0.337 e. The van der Waals surface area contributed by atoms with Crippen molar-refractivity contribution in [3.05, 3.63) is 47.7 Å². The third-order valence-corrected chi connectivity index (χ3v) is 4.44.